The second kappa shape index (κ2) is 4.52. The molecule has 1 spiro atoms. The van der Waals surface area contributed by atoms with Gasteiger partial charge >= 0.3 is 0 Å². The predicted molar refractivity (Wildman–Crippen MR) is 60.6 cm³/mol. The zero-order chi connectivity index (χ0) is 10.7. The van der Waals surface area contributed by atoms with Crippen LogP contribution < -0.4 is 5.32 Å². The van der Waals surface area contributed by atoms with Crippen LogP contribution in [0, 0.1) is 5.41 Å². The van der Waals surface area contributed by atoms with E-state index in [1.807, 2.05) is 0 Å². The van der Waals surface area contributed by atoms with Crippen LogP contribution >= 0.6 is 0 Å². The monoisotopic (exact) mass is 210 g/mol. The average molecular weight is 210 g/mol. The van der Waals surface area contributed by atoms with Crippen molar-refractivity contribution in [3.63, 3.8) is 0 Å². The third kappa shape index (κ3) is 2.71. The first-order valence-electron chi connectivity index (χ1n) is 6.17. The third-order valence-corrected chi connectivity index (χ3v) is 4.13. The van der Waals surface area contributed by atoms with E-state index in [-0.39, 0.29) is 5.91 Å². The maximum absolute atomic E-state index is 10.7. The highest BCUT2D eigenvalue weighted by molar-refractivity contribution is 5.72. The van der Waals surface area contributed by atoms with Gasteiger partial charge in [-0.15, -0.1) is 0 Å². The van der Waals surface area contributed by atoms with Crippen molar-refractivity contribution in [3.05, 3.63) is 0 Å². The lowest BCUT2D eigenvalue weighted by Crippen LogP contribution is -2.45. The van der Waals surface area contributed by atoms with Gasteiger partial charge in [-0.25, -0.2) is 0 Å². The normalized spacial score (nSPS) is 24.9. The number of nitrogens with one attached hydrogen (secondary N) is 1. The van der Waals surface area contributed by atoms with E-state index in [1.54, 1.807) is 6.92 Å². The van der Waals surface area contributed by atoms with Crippen molar-refractivity contribution in [2.24, 2.45) is 5.41 Å². The molecule has 0 aromatic heterocycles. The Morgan fingerprint density at radius 2 is 1.93 bits per heavy atom. The highest BCUT2D eigenvalue weighted by Gasteiger charge is 2.39. The minimum atomic E-state index is 0.0856. The summed E-state index contributed by atoms with van der Waals surface area (Å²) in [6, 6.07) is 0. The molecule has 0 unspecified atom stereocenters. The molecule has 1 amide bonds. The topological polar surface area (TPSA) is 32.3 Å². The fourth-order valence-electron chi connectivity index (χ4n) is 2.82. The number of rotatable bonds is 3. The van der Waals surface area contributed by atoms with Crippen LogP contribution in [0.2, 0.25) is 0 Å². The van der Waals surface area contributed by atoms with Gasteiger partial charge < -0.3 is 10.2 Å². The van der Waals surface area contributed by atoms with Gasteiger partial charge in [-0.1, -0.05) is 6.42 Å². The summed E-state index contributed by atoms with van der Waals surface area (Å²) in [5, 5.41) is 2.86. The highest BCUT2D eigenvalue weighted by Crippen LogP contribution is 2.48. The molecule has 0 aromatic carbocycles. The Hall–Kier alpha value is -0.570. The zero-order valence-corrected chi connectivity index (χ0v) is 9.72. The molecule has 1 heterocycles. The van der Waals surface area contributed by atoms with Crippen LogP contribution in [0.25, 0.3) is 0 Å². The van der Waals surface area contributed by atoms with Crippen LogP contribution in [0.15, 0.2) is 0 Å². The molecule has 2 aliphatic rings. The summed E-state index contributed by atoms with van der Waals surface area (Å²) in [7, 11) is 0. The van der Waals surface area contributed by atoms with Gasteiger partial charge in [-0.3, -0.25) is 4.79 Å². The summed E-state index contributed by atoms with van der Waals surface area (Å²) in [6.45, 7) is 5.89. The smallest absolute Gasteiger partial charge is 0.216 e. The standard InChI is InChI=1S/C12H22N2O/c1-11(15)13-7-10-14-8-5-12(6-9-14)3-2-4-12/h2-10H2,1H3,(H,13,15). The van der Waals surface area contributed by atoms with Crippen LogP contribution in [-0.2, 0) is 4.79 Å². The molecule has 0 radical (unpaired) electrons. The zero-order valence-electron chi connectivity index (χ0n) is 9.72. The van der Waals surface area contributed by atoms with Gasteiger partial charge in [0, 0.05) is 20.0 Å². The quantitative estimate of drug-likeness (QED) is 0.763. The predicted octanol–water partition coefficient (Wildman–Crippen LogP) is 1.39. The number of carbonyl (C=O) groups excluding carboxylic acids is 1. The molecule has 1 saturated heterocycles. The molecule has 15 heavy (non-hydrogen) atoms. The van der Waals surface area contributed by atoms with Crippen molar-refractivity contribution < 1.29 is 4.79 Å². The van der Waals surface area contributed by atoms with Crippen molar-refractivity contribution >= 4 is 5.91 Å². The number of likely N-dealkylation sites (tertiary alicyclic amines) is 1. The molecular weight excluding hydrogens is 188 g/mol. The highest BCUT2D eigenvalue weighted by atomic mass is 16.1. The van der Waals surface area contributed by atoms with Gasteiger partial charge in [0.1, 0.15) is 0 Å². The van der Waals surface area contributed by atoms with E-state index in [1.165, 1.54) is 45.2 Å². The van der Waals surface area contributed by atoms with E-state index < -0.39 is 0 Å². The Morgan fingerprint density at radius 3 is 2.40 bits per heavy atom. The molecule has 2 fully saturated rings. The molecule has 3 nitrogen and oxygen atoms in total. The summed E-state index contributed by atoms with van der Waals surface area (Å²) in [6.07, 6.45) is 7.14. The SMILES string of the molecule is CC(=O)NCCN1CCC2(CCC2)CC1. The number of nitrogens with zero attached hydrogens (tertiary/aromatic N) is 1. The Morgan fingerprint density at radius 1 is 1.27 bits per heavy atom. The molecule has 1 aliphatic carbocycles. The van der Waals surface area contributed by atoms with Gasteiger partial charge in [0.2, 0.25) is 5.91 Å². The summed E-state index contributed by atoms with van der Waals surface area (Å²) < 4.78 is 0. The van der Waals surface area contributed by atoms with Crippen molar-refractivity contribution in [3.8, 4) is 0 Å². The van der Waals surface area contributed by atoms with E-state index in [0.717, 1.165) is 18.5 Å². The van der Waals surface area contributed by atoms with E-state index in [9.17, 15) is 4.79 Å². The minimum absolute atomic E-state index is 0.0856. The molecule has 1 aliphatic heterocycles. The number of piperidine rings is 1. The van der Waals surface area contributed by atoms with Crippen LogP contribution in [0.1, 0.15) is 39.0 Å². The third-order valence-electron chi connectivity index (χ3n) is 4.13. The first-order chi connectivity index (χ1) is 7.20. The summed E-state index contributed by atoms with van der Waals surface area (Å²) in [5.41, 5.74) is 0.741. The summed E-state index contributed by atoms with van der Waals surface area (Å²) in [4.78, 5) is 13.2. The van der Waals surface area contributed by atoms with Crippen molar-refractivity contribution in [2.45, 2.75) is 39.0 Å². The number of hydrogen-bond acceptors (Lipinski definition) is 2. The van der Waals surface area contributed by atoms with Crippen LogP contribution in [0.3, 0.4) is 0 Å². The van der Waals surface area contributed by atoms with Crippen LogP contribution in [-0.4, -0.2) is 37.0 Å². The number of amides is 1. The largest absolute Gasteiger partial charge is 0.355 e. The lowest BCUT2D eigenvalue weighted by molar-refractivity contribution is -0.119. The second-order valence-electron chi connectivity index (χ2n) is 5.18. The Labute approximate surface area is 92.2 Å². The first-order valence-corrected chi connectivity index (χ1v) is 6.17. The molecule has 1 saturated carbocycles. The maximum atomic E-state index is 10.7. The fourth-order valence-corrected chi connectivity index (χ4v) is 2.82. The van der Waals surface area contributed by atoms with Gasteiger partial charge in [0.15, 0.2) is 0 Å². The second-order valence-corrected chi connectivity index (χ2v) is 5.18. The Bertz CT molecular complexity index is 226. The summed E-state index contributed by atoms with van der Waals surface area (Å²) in [5.74, 6) is 0.0856. The van der Waals surface area contributed by atoms with E-state index in [2.05, 4.69) is 10.2 Å². The van der Waals surface area contributed by atoms with Gasteiger partial charge in [0.05, 0.1) is 0 Å². The molecule has 0 bridgehead atoms. The van der Waals surface area contributed by atoms with Crippen LogP contribution in [0.5, 0.6) is 0 Å². The molecule has 2 rings (SSSR count). The van der Waals surface area contributed by atoms with Crippen molar-refractivity contribution in [1.29, 1.82) is 0 Å². The Kier molecular flexibility index (Phi) is 3.29. The molecule has 86 valence electrons. The van der Waals surface area contributed by atoms with E-state index >= 15 is 0 Å². The lowest BCUT2D eigenvalue weighted by Gasteiger charge is -2.48. The maximum Gasteiger partial charge on any atom is 0.216 e. The molecule has 1 N–H and O–H groups in total. The Balaban J connectivity index is 1.63. The molecule has 0 aromatic rings. The number of carbonyl (C=O) groups is 1. The molecule has 0 atom stereocenters. The first kappa shape index (κ1) is 10.9. The lowest BCUT2D eigenvalue weighted by atomic mass is 9.63. The summed E-state index contributed by atoms with van der Waals surface area (Å²) >= 11 is 0. The van der Waals surface area contributed by atoms with Crippen molar-refractivity contribution in [2.75, 3.05) is 26.2 Å². The van der Waals surface area contributed by atoms with Gasteiger partial charge in [0.25, 0.3) is 0 Å². The van der Waals surface area contributed by atoms with Crippen LogP contribution in [0.4, 0.5) is 0 Å². The molecule has 3 heteroatoms. The van der Waals surface area contributed by atoms with E-state index in [4.69, 9.17) is 0 Å². The number of hydrogen-bond donors (Lipinski definition) is 1. The molecular formula is C12H22N2O. The fraction of sp³-hybridized carbons (Fsp3) is 0.917. The van der Waals surface area contributed by atoms with E-state index in [0.29, 0.717) is 0 Å². The van der Waals surface area contributed by atoms with Gasteiger partial charge in [-0.05, 0) is 44.2 Å². The average Bonchev–Trinajstić information content (AvgIpc) is 2.16. The van der Waals surface area contributed by atoms with Gasteiger partial charge in [-0.2, -0.15) is 0 Å². The van der Waals surface area contributed by atoms with Crippen molar-refractivity contribution in [1.82, 2.24) is 10.2 Å². The minimum Gasteiger partial charge on any atom is -0.355 e.